The van der Waals surface area contributed by atoms with Crippen molar-refractivity contribution in [2.24, 2.45) is 17.1 Å². The van der Waals surface area contributed by atoms with E-state index in [-0.39, 0.29) is 35.6 Å². The minimum Gasteiger partial charge on any atom is -0.368 e. The van der Waals surface area contributed by atoms with E-state index in [0.717, 1.165) is 13.0 Å². The van der Waals surface area contributed by atoms with Gasteiger partial charge in [-0.25, -0.2) is 0 Å². The van der Waals surface area contributed by atoms with E-state index in [1.54, 1.807) is 0 Å². The van der Waals surface area contributed by atoms with Crippen LogP contribution in [0.5, 0.6) is 0 Å². The minimum absolute atomic E-state index is 0.0596. The molecule has 2 saturated heterocycles. The van der Waals surface area contributed by atoms with Crippen LogP contribution >= 0.6 is 0 Å². The molecular weight excluding hydrogens is 308 g/mol. The molecule has 1 aliphatic carbocycles. The molecule has 134 valence electrons. The van der Waals surface area contributed by atoms with Crippen molar-refractivity contribution in [3.8, 4) is 0 Å². The van der Waals surface area contributed by atoms with Gasteiger partial charge in [-0.15, -0.1) is 0 Å². The summed E-state index contributed by atoms with van der Waals surface area (Å²) in [6.07, 6.45) is 7.89. The highest BCUT2D eigenvalue weighted by molar-refractivity contribution is 5.90. The molecule has 1 spiro atoms. The second-order valence-corrected chi connectivity index (χ2v) is 7.67. The Balaban J connectivity index is 1.55. The fourth-order valence-corrected chi connectivity index (χ4v) is 4.46. The lowest BCUT2D eigenvalue weighted by Crippen LogP contribution is -2.51. The molecule has 1 unspecified atom stereocenters. The number of nitrogens with one attached hydrogen (secondary N) is 3. The molecule has 3 fully saturated rings. The molecule has 3 amide bonds. The van der Waals surface area contributed by atoms with Crippen molar-refractivity contribution in [1.82, 2.24) is 16.0 Å². The molecule has 7 heteroatoms. The van der Waals surface area contributed by atoms with Crippen molar-refractivity contribution in [3.63, 3.8) is 0 Å². The topological polar surface area (TPSA) is 113 Å². The summed E-state index contributed by atoms with van der Waals surface area (Å²) in [5, 5.41) is 8.84. The third kappa shape index (κ3) is 3.71. The van der Waals surface area contributed by atoms with Crippen LogP contribution in [0.15, 0.2) is 0 Å². The van der Waals surface area contributed by atoms with Crippen LogP contribution < -0.4 is 21.7 Å². The molecule has 3 rings (SSSR count). The highest BCUT2D eigenvalue weighted by Gasteiger charge is 2.42. The average Bonchev–Trinajstić information content (AvgIpc) is 3.14. The number of primary amides is 1. The van der Waals surface area contributed by atoms with Gasteiger partial charge in [0.15, 0.2) is 0 Å². The Labute approximate surface area is 142 Å². The van der Waals surface area contributed by atoms with Gasteiger partial charge in [0.25, 0.3) is 0 Å². The van der Waals surface area contributed by atoms with Gasteiger partial charge in [0.2, 0.25) is 17.7 Å². The zero-order valence-electron chi connectivity index (χ0n) is 14.1. The summed E-state index contributed by atoms with van der Waals surface area (Å²) in [5.41, 5.74) is 5.68. The molecule has 3 atom stereocenters. The summed E-state index contributed by atoms with van der Waals surface area (Å²) < 4.78 is 0. The third-order valence-electron chi connectivity index (χ3n) is 5.93. The molecule has 24 heavy (non-hydrogen) atoms. The maximum absolute atomic E-state index is 12.6. The van der Waals surface area contributed by atoms with Crippen molar-refractivity contribution in [3.05, 3.63) is 0 Å². The number of hydrogen-bond acceptors (Lipinski definition) is 4. The van der Waals surface area contributed by atoms with Gasteiger partial charge in [-0.3, -0.25) is 14.4 Å². The minimum atomic E-state index is -0.781. The monoisotopic (exact) mass is 336 g/mol. The Kier molecular flexibility index (Phi) is 5.08. The standard InChI is InChI=1S/C17H28N4O3/c18-14(22)12(8-11-4-7-19-15(11)23)21-16(24)13-9-17(10-20-13)5-2-1-3-6-17/h11-13,20H,1-10H2,(H2,18,22)(H,19,23)(H,21,24)/t11-,12-,13?/m0/s1. The predicted octanol–water partition coefficient (Wildman–Crippen LogP) is -0.205. The average molecular weight is 336 g/mol. The first-order chi connectivity index (χ1) is 11.5. The summed E-state index contributed by atoms with van der Waals surface area (Å²) in [4.78, 5) is 35.9. The van der Waals surface area contributed by atoms with Crippen LogP contribution in [0.4, 0.5) is 0 Å². The van der Waals surface area contributed by atoms with Crippen molar-refractivity contribution < 1.29 is 14.4 Å². The summed E-state index contributed by atoms with van der Waals surface area (Å²) in [7, 11) is 0. The molecule has 7 nitrogen and oxygen atoms in total. The van der Waals surface area contributed by atoms with Gasteiger partial charge in [0.05, 0.1) is 6.04 Å². The molecule has 2 aliphatic heterocycles. The van der Waals surface area contributed by atoms with Gasteiger partial charge in [-0.1, -0.05) is 19.3 Å². The number of rotatable bonds is 5. The van der Waals surface area contributed by atoms with Gasteiger partial charge in [0, 0.05) is 19.0 Å². The van der Waals surface area contributed by atoms with Crippen molar-refractivity contribution >= 4 is 17.7 Å². The first-order valence-electron chi connectivity index (χ1n) is 9.10. The summed E-state index contributed by atoms with van der Waals surface area (Å²) in [5.74, 6) is -1.05. The highest BCUT2D eigenvalue weighted by Crippen LogP contribution is 2.42. The number of nitrogens with two attached hydrogens (primary N) is 1. The van der Waals surface area contributed by atoms with Crippen LogP contribution in [0, 0.1) is 11.3 Å². The van der Waals surface area contributed by atoms with E-state index in [1.807, 2.05) is 0 Å². The van der Waals surface area contributed by atoms with E-state index in [9.17, 15) is 14.4 Å². The van der Waals surface area contributed by atoms with Crippen LogP contribution in [-0.2, 0) is 14.4 Å². The highest BCUT2D eigenvalue weighted by atomic mass is 16.2. The Morgan fingerprint density at radius 3 is 2.67 bits per heavy atom. The molecule has 0 aromatic carbocycles. The lowest BCUT2D eigenvalue weighted by molar-refractivity contribution is -0.130. The normalized spacial score (nSPS) is 30.1. The Bertz CT molecular complexity index is 516. The zero-order valence-corrected chi connectivity index (χ0v) is 14.1. The van der Waals surface area contributed by atoms with E-state index >= 15 is 0 Å². The summed E-state index contributed by atoms with van der Waals surface area (Å²) in [6.45, 7) is 1.49. The fraction of sp³-hybridized carbons (Fsp3) is 0.824. The van der Waals surface area contributed by atoms with E-state index in [1.165, 1.54) is 32.1 Å². The van der Waals surface area contributed by atoms with Gasteiger partial charge < -0.3 is 21.7 Å². The van der Waals surface area contributed by atoms with E-state index < -0.39 is 11.9 Å². The van der Waals surface area contributed by atoms with E-state index in [2.05, 4.69) is 16.0 Å². The molecule has 0 aromatic heterocycles. The zero-order chi connectivity index (χ0) is 17.2. The summed E-state index contributed by atoms with van der Waals surface area (Å²) >= 11 is 0. The first kappa shape index (κ1) is 17.2. The van der Waals surface area contributed by atoms with E-state index in [4.69, 9.17) is 5.73 Å². The largest absolute Gasteiger partial charge is 0.368 e. The Hall–Kier alpha value is -1.63. The van der Waals surface area contributed by atoms with Crippen LogP contribution in [-0.4, -0.2) is 42.9 Å². The fourth-order valence-electron chi connectivity index (χ4n) is 4.46. The molecular formula is C17H28N4O3. The Morgan fingerprint density at radius 1 is 1.29 bits per heavy atom. The van der Waals surface area contributed by atoms with Crippen LogP contribution in [0.1, 0.15) is 51.4 Å². The molecule has 1 saturated carbocycles. The lowest BCUT2D eigenvalue weighted by atomic mass is 9.72. The molecule has 5 N–H and O–H groups in total. The van der Waals surface area contributed by atoms with Gasteiger partial charge in [-0.2, -0.15) is 0 Å². The number of carbonyl (C=O) groups excluding carboxylic acids is 3. The van der Waals surface area contributed by atoms with Gasteiger partial charge >= 0.3 is 0 Å². The maximum atomic E-state index is 12.6. The number of carbonyl (C=O) groups is 3. The van der Waals surface area contributed by atoms with Crippen molar-refractivity contribution in [2.45, 2.75) is 63.5 Å². The number of hydrogen-bond donors (Lipinski definition) is 4. The molecule has 0 radical (unpaired) electrons. The maximum Gasteiger partial charge on any atom is 0.240 e. The van der Waals surface area contributed by atoms with Crippen LogP contribution in [0.25, 0.3) is 0 Å². The van der Waals surface area contributed by atoms with Crippen molar-refractivity contribution in [2.75, 3.05) is 13.1 Å². The van der Waals surface area contributed by atoms with Crippen LogP contribution in [0.2, 0.25) is 0 Å². The number of amides is 3. The van der Waals surface area contributed by atoms with Crippen LogP contribution in [0.3, 0.4) is 0 Å². The second kappa shape index (κ2) is 7.09. The molecule has 3 aliphatic rings. The summed E-state index contributed by atoms with van der Waals surface area (Å²) in [6, 6.07) is -1.04. The second-order valence-electron chi connectivity index (χ2n) is 7.67. The first-order valence-corrected chi connectivity index (χ1v) is 9.10. The third-order valence-corrected chi connectivity index (χ3v) is 5.93. The molecule has 0 aromatic rings. The van der Waals surface area contributed by atoms with Gasteiger partial charge in [0.1, 0.15) is 6.04 Å². The van der Waals surface area contributed by atoms with Crippen molar-refractivity contribution in [1.29, 1.82) is 0 Å². The molecule has 2 heterocycles. The smallest absolute Gasteiger partial charge is 0.240 e. The van der Waals surface area contributed by atoms with Gasteiger partial charge in [-0.05, 0) is 37.5 Å². The predicted molar refractivity (Wildman–Crippen MR) is 88.8 cm³/mol. The molecule has 0 bridgehead atoms. The Morgan fingerprint density at radius 2 is 2.04 bits per heavy atom. The SMILES string of the molecule is NC(=O)[C@H](C[C@@H]1CCNC1=O)NC(=O)C1CC2(CCCCC2)CN1. The quantitative estimate of drug-likeness (QED) is 0.556. The van der Waals surface area contributed by atoms with E-state index in [0.29, 0.717) is 13.0 Å². The lowest BCUT2D eigenvalue weighted by Gasteiger charge is -2.32.